The fourth-order valence-electron chi connectivity index (χ4n) is 2.02. The highest BCUT2D eigenvalue weighted by molar-refractivity contribution is 7.16. The molecule has 1 aromatic heterocycles. The van der Waals surface area contributed by atoms with E-state index in [4.69, 9.17) is 4.74 Å². The molecule has 0 N–H and O–H groups in total. The first kappa shape index (κ1) is 17.4. The van der Waals surface area contributed by atoms with Gasteiger partial charge in [-0.25, -0.2) is 0 Å². The Balaban J connectivity index is 2.66. The van der Waals surface area contributed by atoms with E-state index in [1.54, 1.807) is 4.57 Å². The van der Waals surface area contributed by atoms with E-state index in [0.717, 1.165) is 16.6 Å². The Hall–Kier alpha value is -1.95. The summed E-state index contributed by atoms with van der Waals surface area (Å²) in [5.74, 6) is -0.577. The molecular weight excluding hydrogens is 312 g/mol. The molecule has 5 nitrogen and oxygen atoms in total. The van der Waals surface area contributed by atoms with Crippen molar-refractivity contribution in [1.82, 2.24) is 4.57 Å². The van der Waals surface area contributed by atoms with Crippen molar-refractivity contribution in [3.05, 3.63) is 28.6 Å². The molecule has 0 aliphatic heterocycles. The Kier molecular flexibility index (Phi) is 5.04. The molecule has 23 heavy (non-hydrogen) atoms. The molecule has 0 saturated heterocycles. The van der Waals surface area contributed by atoms with Gasteiger partial charge < -0.3 is 9.30 Å². The molecule has 1 aromatic carbocycles. The smallest absolute Gasteiger partial charge is 0.325 e. The number of hydrogen-bond acceptors (Lipinski definition) is 4. The number of benzene rings is 1. The van der Waals surface area contributed by atoms with Gasteiger partial charge in [0.1, 0.15) is 6.54 Å². The van der Waals surface area contributed by atoms with Crippen molar-refractivity contribution in [3.8, 4) is 0 Å². The Labute approximate surface area is 139 Å². The Morgan fingerprint density at radius 2 is 2.00 bits per heavy atom. The molecule has 6 heteroatoms. The molecule has 0 aliphatic carbocycles. The summed E-state index contributed by atoms with van der Waals surface area (Å²) < 4.78 is 7.52. The summed E-state index contributed by atoms with van der Waals surface area (Å²) in [4.78, 5) is 28.7. The summed E-state index contributed by atoms with van der Waals surface area (Å²) in [5.41, 5.74) is 1.53. The number of rotatable bonds is 3. The van der Waals surface area contributed by atoms with Crippen molar-refractivity contribution in [3.63, 3.8) is 0 Å². The summed E-state index contributed by atoms with van der Waals surface area (Å²) in [6, 6.07) is 6.07. The van der Waals surface area contributed by atoms with Crippen LogP contribution in [0.25, 0.3) is 10.2 Å². The molecule has 2 aromatic rings. The summed E-state index contributed by atoms with van der Waals surface area (Å²) >= 11 is 1.42. The van der Waals surface area contributed by atoms with Crippen LogP contribution in [0.4, 0.5) is 0 Å². The van der Waals surface area contributed by atoms with Gasteiger partial charge in [0.25, 0.3) is 5.91 Å². The van der Waals surface area contributed by atoms with Gasteiger partial charge in [-0.2, -0.15) is 4.99 Å². The van der Waals surface area contributed by atoms with E-state index in [1.807, 2.05) is 32.9 Å². The van der Waals surface area contributed by atoms with Gasteiger partial charge in [0.2, 0.25) is 0 Å². The lowest BCUT2D eigenvalue weighted by molar-refractivity contribution is -0.141. The van der Waals surface area contributed by atoms with E-state index in [9.17, 15) is 9.59 Å². The second-order valence-corrected chi connectivity index (χ2v) is 7.38. The molecule has 0 radical (unpaired) electrons. The summed E-state index contributed by atoms with van der Waals surface area (Å²) in [5, 5.41) is 0. The van der Waals surface area contributed by atoms with E-state index < -0.39 is 5.41 Å². The molecule has 2 rings (SSSR count). The van der Waals surface area contributed by atoms with Gasteiger partial charge in [0.15, 0.2) is 4.80 Å². The zero-order chi connectivity index (χ0) is 17.2. The molecule has 0 fully saturated rings. The molecule has 0 atom stereocenters. The zero-order valence-corrected chi connectivity index (χ0v) is 15.0. The van der Waals surface area contributed by atoms with Gasteiger partial charge >= 0.3 is 5.97 Å². The van der Waals surface area contributed by atoms with E-state index in [0.29, 0.717) is 4.80 Å². The van der Waals surface area contributed by atoms with Crippen LogP contribution in [-0.2, 0) is 27.3 Å². The number of aromatic nitrogens is 1. The average molecular weight is 334 g/mol. The molecule has 0 aliphatic rings. The number of nitrogens with zero attached hydrogens (tertiary/aromatic N) is 2. The predicted molar refractivity (Wildman–Crippen MR) is 91.2 cm³/mol. The van der Waals surface area contributed by atoms with Crippen LogP contribution in [0.3, 0.4) is 0 Å². The number of methoxy groups -OCH3 is 1. The quantitative estimate of drug-likeness (QED) is 0.811. The van der Waals surface area contributed by atoms with Gasteiger partial charge in [-0.1, -0.05) is 45.1 Å². The number of amides is 1. The first-order valence-corrected chi connectivity index (χ1v) is 8.36. The van der Waals surface area contributed by atoms with Crippen molar-refractivity contribution >= 4 is 33.4 Å². The lowest BCUT2D eigenvalue weighted by Crippen LogP contribution is -2.26. The summed E-state index contributed by atoms with van der Waals surface area (Å²) in [6.45, 7) is 7.61. The highest BCUT2D eigenvalue weighted by Crippen LogP contribution is 2.21. The third kappa shape index (κ3) is 3.88. The maximum atomic E-state index is 12.3. The normalized spacial score (nSPS) is 12.7. The predicted octanol–water partition coefficient (Wildman–Crippen LogP) is 2.91. The van der Waals surface area contributed by atoms with E-state index in [1.165, 1.54) is 24.0 Å². The van der Waals surface area contributed by atoms with Crippen LogP contribution in [0.1, 0.15) is 33.3 Å². The molecule has 1 heterocycles. The number of aryl methyl sites for hydroxylation is 1. The SMILES string of the molecule is CCc1ccc2c(c1)sc(=NC(=O)C(C)(C)C)n2CC(=O)OC. The van der Waals surface area contributed by atoms with Crippen LogP contribution in [0.15, 0.2) is 23.2 Å². The zero-order valence-electron chi connectivity index (χ0n) is 14.2. The number of fused-ring (bicyclic) bond motifs is 1. The first-order chi connectivity index (χ1) is 10.8. The van der Waals surface area contributed by atoms with Crippen LogP contribution in [-0.4, -0.2) is 23.6 Å². The van der Waals surface area contributed by atoms with Gasteiger partial charge in [0, 0.05) is 5.41 Å². The molecular formula is C17H22N2O3S. The van der Waals surface area contributed by atoms with Crippen molar-refractivity contribution in [2.24, 2.45) is 10.4 Å². The maximum absolute atomic E-state index is 12.3. The number of carbonyl (C=O) groups is 2. The number of carbonyl (C=O) groups excluding carboxylic acids is 2. The maximum Gasteiger partial charge on any atom is 0.325 e. The topological polar surface area (TPSA) is 60.7 Å². The molecule has 0 saturated carbocycles. The second kappa shape index (κ2) is 6.66. The average Bonchev–Trinajstić information content (AvgIpc) is 2.82. The highest BCUT2D eigenvalue weighted by atomic mass is 32.1. The van der Waals surface area contributed by atoms with Crippen molar-refractivity contribution in [2.45, 2.75) is 40.7 Å². The van der Waals surface area contributed by atoms with Gasteiger partial charge in [-0.15, -0.1) is 0 Å². The molecule has 0 unspecified atom stereocenters. The van der Waals surface area contributed by atoms with Crippen LogP contribution in [0.2, 0.25) is 0 Å². The molecule has 0 bridgehead atoms. The van der Waals surface area contributed by atoms with Gasteiger partial charge in [0.05, 0.1) is 17.3 Å². The third-order valence-electron chi connectivity index (χ3n) is 3.51. The van der Waals surface area contributed by atoms with Crippen molar-refractivity contribution < 1.29 is 14.3 Å². The minimum absolute atomic E-state index is 0.0399. The van der Waals surface area contributed by atoms with Crippen LogP contribution < -0.4 is 4.80 Å². The Bertz CT molecular complexity index is 809. The van der Waals surface area contributed by atoms with Gasteiger partial charge in [-0.3, -0.25) is 9.59 Å². The highest BCUT2D eigenvalue weighted by Gasteiger charge is 2.21. The lowest BCUT2D eigenvalue weighted by atomic mass is 9.96. The number of ether oxygens (including phenoxy) is 1. The summed E-state index contributed by atoms with van der Waals surface area (Å²) in [7, 11) is 1.35. The first-order valence-electron chi connectivity index (χ1n) is 7.54. The van der Waals surface area contributed by atoms with E-state index >= 15 is 0 Å². The Morgan fingerprint density at radius 1 is 1.30 bits per heavy atom. The third-order valence-corrected chi connectivity index (χ3v) is 4.55. The Morgan fingerprint density at radius 3 is 2.57 bits per heavy atom. The second-order valence-electron chi connectivity index (χ2n) is 6.37. The molecule has 1 amide bonds. The lowest BCUT2D eigenvalue weighted by Gasteiger charge is -2.11. The van der Waals surface area contributed by atoms with Crippen LogP contribution >= 0.6 is 11.3 Å². The standard InChI is InChI=1S/C17H22N2O3S/c1-6-11-7-8-12-13(9-11)23-16(18-15(21)17(2,3)4)19(12)10-14(20)22-5/h7-9H,6,10H2,1-5H3. The van der Waals surface area contributed by atoms with Crippen LogP contribution in [0.5, 0.6) is 0 Å². The molecule has 124 valence electrons. The van der Waals surface area contributed by atoms with Crippen molar-refractivity contribution in [2.75, 3.05) is 7.11 Å². The number of esters is 1. The number of thiazole rings is 1. The van der Waals surface area contributed by atoms with E-state index in [-0.39, 0.29) is 18.4 Å². The van der Waals surface area contributed by atoms with Crippen LogP contribution in [0, 0.1) is 5.41 Å². The fraction of sp³-hybridized carbons (Fsp3) is 0.471. The van der Waals surface area contributed by atoms with Crippen molar-refractivity contribution in [1.29, 1.82) is 0 Å². The fourth-order valence-corrected chi connectivity index (χ4v) is 3.12. The monoisotopic (exact) mass is 334 g/mol. The minimum atomic E-state index is -0.562. The molecule has 0 spiro atoms. The largest absolute Gasteiger partial charge is 0.468 e. The summed E-state index contributed by atoms with van der Waals surface area (Å²) in [6.07, 6.45) is 0.929. The van der Waals surface area contributed by atoms with E-state index in [2.05, 4.69) is 18.0 Å². The van der Waals surface area contributed by atoms with Gasteiger partial charge in [-0.05, 0) is 24.1 Å². The minimum Gasteiger partial charge on any atom is -0.468 e. The number of hydrogen-bond donors (Lipinski definition) is 0.